The van der Waals surface area contributed by atoms with E-state index in [1.165, 1.54) is 11.1 Å². The highest BCUT2D eigenvalue weighted by atomic mass is 16.5. The molecule has 0 radical (unpaired) electrons. The Kier molecular flexibility index (Phi) is 5.82. The van der Waals surface area contributed by atoms with Crippen LogP contribution in [0, 0.1) is 0 Å². The van der Waals surface area contributed by atoms with Crippen LogP contribution in [0.2, 0.25) is 0 Å². The molecule has 26 heavy (non-hydrogen) atoms. The fraction of sp³-hybridized carbons (Fsp3) is 0.333. The zero-order valence-corrected chi connectivity index (χ0v) is 15.2. The van der Waals surface area contributed by atoms with Gasteiger partial charge in [0.1, 0.15) is 17.1 Å². The molecule has 0 aliphatic heterocycles. The van der Waals surface area contributed by atoms with E-state index < -0.39 is 0 Å². The van der Waals surface area contributed by atoms with Gasteiger partial charge in [-0.05, 0) is 67.1 Å². The lowest BCUT2D eigenvalue weighted by atomic mass is 10.0. The topological polar surface area (TPSA) is 71.1 Å². The predicted molar refractivity (Wildman–Crippen MR) is 103 cm³/mol. The lowest BCUT2D eigenvalue weighted by Gasteiger charge is -2.06. The Morgan fingerprint density at radius 1 is 1.08 bits per heavy atom. The molecule has 3 rings (SSSR count). The maximum absolute atomic E-state index is 8.56. The molecule has 2 aromatic carbocycles. The highest BCUT2D eigenvalue weighted by Crippen LogP contribution is 2.27. The maximum Gasteiger partial charge on any atom is 0.134 e. The van der Waals surface area contributed by atoms with Crippen molar-refractivity contribution in [1.29, 1.82) is 0 Å². The smallest absolute Gasteiger partial charge is 0.134 e. The van der Waals surface area contributed by atoms with E-state index in [1.54, 1.807) is 0 Å². The van der Waals surface area contributed by atoms with E-state index in [4.69, 9.17) is 14.7 Å². The molecule has 0 saturated carbocycles. The molecule has 0 N–H and O–H groups in total. The van der Waals surface area contributed by atoms with E-state index in [2.05, 4.69) is 47.3 Å². The van der Waals surface area contributed by atoms with Gasteiger partial charge in [0, 0.05) is 10.3 Å². The molecular weight excluding hydrogens is 326 g/mol. The average molecular weight is 349 g/mol. The van der Waals surface area contributed by atoms with Crippen molar-refractivity contribution in [1.82, 2.24) is 0 Å². The van der Waals surface area contributed by atoms with E-state index in [9.17, 15) is 0 Å². The summed E-state index contributed by atoms with van der Waals surface area (Å²) in [5.74, 6) is 1.62. The van der Waals surface area contributed by atoms with Gasteiger partial charge < -0.3 is 9.15 Å². The van der Waals surface area contributed by atoms with Crippen LogP contribution in [0.3, 0.4) is 0 Å². The number of rotatable bonds is 8. The van der Waals surface area contributed by atoms with E-state index in [0.717, 1.165) is 42.6 Å². The van der Waals surface area contributed by atoms with Crippen molar-refractivity contribution in [3.63, 3.8) is 0 Å². The van der Waals surface area contributed by atoms with Gasteiger partial charge in [-0.3, -0.25) is 0 Å². The lowest BCUT2D eigenvalue weighted by Crippen LogP contribution is -1.95. The number of aryl methyl sites for hydroxylation is 2. The molecule has 0 aliphatic rings. The summed E-state index contributed by atoms with van der Waals surface area (Å²) in [7, 11) is 0. The Morgan fingerprint density at radius 3 is 2.54 bits per heavy atom. The first-order valence-electron chi connectivity index (χ1n) is 8.98. The number of hydrogen-bond donors (Lipinski definition) is 0. The minimum absolute atomic E-state index is 0.302. The van der Waals surface area contributed by atoms with Crippen molar-refractivity contribution in [3.8, 4) is 5.75 Å². The summed E-state index contributed by atoms with van der Waals surface area (Å²) < 4.78 is 11.5. The molecule has 0 saturated heterocycles. The third-order valence-electron chi connectivity index (χ3n) is 4.34. The maximum atomic E-state index is 8.56. The molecule has 5 heteroatoms. The van der Waals surface area contributed by atoms with Crippen LogP contribution in [-0.4, -0.2) is 6.61 Å². The van der Waals surface area contributed by atoms with Gasteiger partial charge in [0.25, 0.3) is 0 Å². The Hall–Kier alpha value is -2.91. The number of ether oxygens (including phenoxy) is 1. The Bertz CT molecular complexity index is 909. The first kappa shape index (κ1) is 17.9. The lowest BCUT2D eigenvalue weighted by molar-refractivity contribution is 0.317. The van der Waals surface area contributed by atoms with Gasteiger partial charge >= 0.3 is 0 Å². The average Bonchev–Trinajstić information content (AvgIpc) is 3.09. The summed E-state index contributed by atoms with van der Waals surface area (Å²) in [5.41, 5.74) is 11.9. The molecule has 1 atom stereocenters. The van der Waals surface area contributed by atoms with Crippen molar-refractivity contribution in [2.45, 2.75) is 39.2 Å². The molecule has 1 unspecified atom stereocenters. The monoisotopic (exact) mass is 349 g/mol. The number of azide groups is 1. The second kappa shape index (κ2) is 8.45. The number of fused-ring (bicyclic) bond motifs is 1. The first-order chi connectivity index (χ1) is 12.7. The van der Waals surface area contributed by atoms with Gasteiger partial charge in [-0.15, -0.1) is 0 Å². The van der Waals surface area contributed by atoms with Crippen LogP contribution in [-0.2, 0) is 12.8 Å². The molecule has 1 aromatic heterocycles. The summed E-state index contributed by atoms with van der Waals surface area (Å²) in [4.78, 5) is 2.84. The summed E-state index contributed by atoms with van der Waals surface area (Å²) in [6.45, 7) is 4.68. The van der Waals surface area contributed by atoms with Crippen LogP contribution in [0.5, 0.6) is 5.75 Å². The zero-order chi connectivity index (χ0) is 18.4. The van der Waals surface area contributed by atoms with Crippen LogP contribution in [0.15, 0.2) is 58.1 Å². The van der Waals surface area contributed by atoms with Crippen molar-refractivity contribution < 1.29 is 9.15 Å². The SMILES string of the molecule is CCCOc1ccc(CCc2ccc3cc(C(C)N=[N+]=[N-])oc3c2)cc1. The predicted octanol–water partition coefficient (Wildman–Crippen LogP) is 6.38. The van der Waals surface area contributed by atoms with Gasteiger partial charge in [0.05, 0.1) is 12.6 Å². The molecule has 0 bridgehead atoms. The van der Waals surface area contributed by atoms with Crippen molar-refractivity contribution in [3.05, 3.63) is 75.9 Å². The highest BCUT2D eigenvalue weighted by Gasteiger charge is 2.10. The third kappa shape index (κ3) is 4.38. The normalized spacial score (nSPS) is 11.9. The van der Waals surface area contributed by atoms with E-state index in [1.807, 2.05) is 25.1 Å². The standard InChI is InChI=1S/C21H23N3O2/c1-3-12-25-19-10-7-16(8-11-19)4-5-17-6-9-18-14-20(15(2)23-24-22)26-21(18)13-17/h6-11,13-15H,3-5,12H2,1-2H3. The van der Waals surface area contributed by atoms with Crippen molar-refractivity contribution >= 4 is 11.0 Å². The fourth-order valence-corrected chi connectivity index (χ4v) is 2.85. The summed E-state index contributed by atoms with van der Waals surface area (Å²) in [6.07, 6.45) is 2.91. The van der Waals surface area contributed by atoms with E-state index >= 15 is 0 Å². The van der Waals surface area contributed by atoms with Crippen LogP contribution < -0.4 is 4.74 Å². The second-order valence-corrected chi connectivity index (χ2v) is 6.39. The first-order valence-corrected chi connectivity index (χ1v) is 8.98. The Labute approximate surface area is 153 Å². The summed E-state index contributed by atoms with van der Waals surface area (Å²) >= 11 is 0. The number of benzene rings is 2. The van der Waals surface area contributed by atoms with Gasteiger partial charge in [-0.2, -0.15) is 0 Å². The van der Waals surface area contributed by atoms with E-state index in [0.29, 0.717) is 5.76 Å². The van der Waals surface area contributed by atoms with Gasteiger partial charge in [-0.25, -0.2) is 0 Å². The molecule has 0 aliphatic carbocycles. The van der Waals surface area contributed by atoms with Crippen molar-refractivity contribution in [2.75, 3.05) is 6.61 Å². The quantitative estimate of drug-likeness (QED) is 0.269. The van der Waals surface area contributed by atoms with Crippen LogP contribution in [0.4, 0.5) is 0 Å². The molecule has 0 spiro atoms. The number of furan rings is 1. The minimum atomic E-state index is -0.302. The molecular formula is C21H23N3O2. The van der Waals surface area contributed by atoms with E-state index in [-0.39, 0.29) is 6.04 Å². The van der Waals surface area contributed by atoms with Crippen molar-refractivity contribution in [2.24, 2.45) is 5.11 Å². The second-order valence-electron chi connectivity index (χ2n) is 6.39. The van der Waals surface area contributed by atoms with Gasteiger partial charge in [-0.1, -0.05) is 36.3 Å². The molecule has 0 amide bonds. The molecule has 1 heterocycles. The van der Waals surface area contributed by atoms with Crippen LogP contribution in [0.1, 0.15) is 43.2 Å². The molecule has 3 aromatic rings. The number of hydrogen-bond acceptors (Lipinski definition) is 3. The van der Waals surface area contributed by atoms with Crippen LogP contribution in [0.25, 0.3) is 21.4 Å². The number of nitrogens with zero attached hydrogens (tertiary/aromatic N) is 3. The molecule has 134 valence electrons. The Balaban J connectivity index is 1.66. The minimum Gasteiger partial charge on any atom is -0.494 e. The third-order valence-corrected chi connectivity index (χ3v) is 4.34. The van der Waals surface area contributed by atoms with Gasteiger partial charge in [0.15, 0.2) is 0 Å². The highest BCUT2D eigenvalue weighted by molar-refractivity contribution is 5.78. The zero-order valence-electron chi connectivity index (χ0n) is 15.2. The Morgan fingerprint density at radius 2 is 1.81 bits per heavy atom. The summed E-state index contributed by atoms with van der Waals surface area (Å²) in [5, 5.41) is 4.72. The molecule has 5 nitrogen and oxygen atoms in total. The van der Waals surface area contributed by atoms with Gasteiger partial charge in [0.2, 0.25) is 0 Å². The fourth-order valence-electron chi connectivity index (χ4n) is 2.85. The summed E-state index contributed by atoms with van der Waals surface area (Å²) in [6, 6.07) is 16.2. The molecule has 0 fully saturated rings. The van der Waals surface area contributed by atoms with Crippen LogP contribution >= 0.6 is 0 Å². The largest absolute Gasteiger partial charge is 0.494 e.